The van der Waals surface area contributed by atoms with Gasteiger partial charge in [0.25, 0.3) is 0 Å². The van der Waals surface area contributed by atoms with Gasteiger partial charge in [-0.2, -0.15) is 0 Å². The number of nitrogens with zero attached hydrogens (tertiary/aromatic N) is 1. The van der Waals surface area contributed by atoms with E-state index in [1.807, 2.05) is 51.5 Å². The molecule has 0 amide bonds. The van der Waals surface area contributed by atoms with Crippen LogP contribution in [0.15, 0.2) is 30.3 Å². The Hall–Kier alpha value is -1.43. The first-order valence-electron chi connectivity index (χ1n) is 6.61. The topological polar surface area (TPSA) is 52.6 Å². The zero-order valence-electron chi connectivity index (χ0n) is 12.5. The van der Waals surface area contributed by atoms with Gasteiger partial charge in [-0.1, -0.05) is 30.3 Å². The SMILES string of the molecule is C[N+](C)(C)[C@@H](C[C@H](C=O)OCc1ccccc1)OC(=O)Cl. The maximum absolute atomic E-state index is 11.2. The van der Waals surface area contributed by atoms with Gasteiger partial charge in [0.15, 0.2) is 0 Å². The van der Waals surface area contributed by atoms with Gasteiger partial charge in [0.1, 0.15) is 12.4 Å². The van der Waals surface area contributed by atoms with Crippen molar-refractivity contribution in [2.24, 2.45) is 0 Å². The minimum Gasteiger partial charge on any atom is -0.400 e. The molecule has 0 fully saturated rings. The van der Waals surface area contributed by atoms with Gasteiger partial charge in [-0.15, -0.1) is 0 Å². The minimum atomic E-state index is -0.888. The lowest BCUT2D eigenvalue weighted by Crippen LogP contribution is -2.49. The number of hydrogen-bond acceptors (Lipinski definition) is 4. The van der Waals surface area contributed by atoms with Crippen molar-refractivity contribution in [2.75, 3.05) is 21.1 Å². The van der Waals surface area contributed by atoms with Gasteiger partial charge in [-0.05, 0) is 5.56 Å². The first kappa shape index (κ1) is 17.6. The van der Waals surface area contributed by atoms with E-state index in [4.69, 9.17) is 21.1 Å². The fourth-order valence-electron chi connectivity index (χ4n) is 1.77. The average Bonchev–Trinajstić information content (AvgIpc) is 2.41. The zero-order valence-corrected chi connectivity index (χ0v) is 13.2. The predicted molar refractivity (Wildman–Crippen MR) is 79.9 cm³/mol. The molecule has 0 saturated carbocycles. The van der Waals surface area contributed by atoms with Crippen LogP contribution in [0.25, 0.3) is 0 Å². The third kappa shape index (κ3) is 6.71. The molecule has 0 heterocycles. The van der Waals surface area contributed by atoms with E-state index in [2.05, 4.69) is 0 Å². The summed E-state index contributed by atoms with van der Waals surface area (Å²) >= 11 is 5.28. The summed E-state index contributed by atoms with van der Waals surface area (Å²) < 4.78 is 11.0. The van der Waals surface area contributed by atoms with Crippen LogP contribution in [0.4, 0.5) is 4.79 Å². The van der Waals surface area contributed by atoms with Gasteiger partial charge in [-0.25, -0.2) is 4.79 Å². The smallest absolute Gasteiger partial charge is 0.400 e. The van der Waals surface area contributed by atoms with E-state index in [-0.39, 0.29) is 6.42 Å². The molecule has 0 N–H and O–H groups in total. The third-order valence-electron chi connectivity index (χ3n) is 2.99. The highest BCUT2D eigenvalue weighted by Crippen LogP contribution is 2.16. The summed E-state index contributed by atoms with van der Waals surface area (Å²) in [6, 6.07) is 9.54. The highest BCUT2D eigenvalue weighted by molar-refractivity contribution is 6.61. The Kier molecular flexibility index (Phi) is 6.81. The second-order valence-electron chi connectivity index (χ2n) is 5.63. The quantitative estimate of drug-likeness (QED) is 0.320. The summed E-state index contributed by atoms with van der Waals surface area (Å²) in [4.78, 5) is 22.1. The van der Waals surface area contributed by atoms with Crippen LogP contribution in [-0.2, 0) is 20.9 Å². The van der Waals surface area contributed by atoms with Gasteiger partial charge in [0, 0.05) is 11.6 Å². The van der Waals surface area contributed by atoms with E-state index in [1.165, 1.54) is 0 Å². The monoisotopic (exact) mass is 314 g/mol. The number of aldehydes is 1. The van der Waals surface area contributed by atoms with Crippen LogP contribution in [0, 0.1) is 0 Å². The average molecular weight is 315 g/mol. The largest absolute Gasteiger partial charge is 0.408 e. The van der Waals surface area contributed by atoms with E-state index < -0.39 is 17.8 Å². The number of carbonyl (C=O) groups excluding carboxylic acids is 2. The van der Waals surface area contributed by atoms with Crippen LogP contribution in [0.2, 0.25) is 0 Å². The molecule has 0 unspecified atom stereocenters. The molecule has 0 aliphatic rings. The molecule has 1 aromatic carbocycles. The Labute approximate surface area is 130 Å². The van der Waals surface area contributed by atoms with Gasteiger partial charge in [0.2, 0.25) is 6.23 Å². The van der Waals surface area contributed by atoms with Crippen LogP contribution < -0.4 is 0 Å². The van der Waals surface area contributed by atoms with Crippen LogP contribution >= 0.6 is 11.6 Å². The summed E-state index contributed by atoms with van der Waals surface area (Å²) in [5, 5.41) is 0. The summed E-state index contributed by atoms with van der Waals surface area (Å²) in [6.45, 7) is 0.322. The van der Waals surface area contributed by atoms with Crippen molar-refractivity contribution in [3.8, 4) is 0 Å². The number of carbonyl (C=O) groups is 2. The fourth-order valence-corrected chi connectivity index (χ4v) is 1.87. The van der Waals surface area contributed by atoms with Crippen LogP contribution in [-0.4, -0.2) is 49.7 Å². The van der Waals surface area contributed by atoms with Crippen molar-refractivity contribution in [2.45, 2.75) is 25.4 Å². The molecule has 0 aliphatic carbocycles. The van der Waals surface area contributed by atoms with Crippen molar-refractivity contribution in [3.05, 3.63) is 35.9 Å². The van der Waals surface area contributed by atoms with Crippen molar-refractivity contribution in [1.29, 1.82) is 0 Å². The standard InChI is InChI=1S/C15H21ClNO4/c1-17(2,3)14(21-15(16)19)9-13(10-18)20-11-12-7-5-4-6-8-12/h4-8,10,13-14H,9,11H2,1-3H3/q+1/t13-,14-/m1/s1. The third-order valence-corrected chi connectivity index (χ3v) is 3.07. The lowest BCUT2D eigenvalue weighted by atomic mass is 10.2. The number of benzene rings is 1. The van der Waals surface area contributed by atoms with Gasteiger partial charge < -0.3 is 14.3 Å². The Morgan fingerprint density at radius 3 is 2.38 bits per heavy atom. The molecular weight excluding hydrogens is 294 g/mol. The second-order valence-corrected chi connectivity index (χ2v) is 5.94. The second kappa shape index (κ2) is 8.12. The summed E-state index contributed by atoms with van der Waals surface area (Å²) in [5.41, 5.74) is 0.0845. The molecule has 1 aromatic rings. The molecule has 21 heavy (non-hydrogen) atoms. The minimum absolute atomic E-state index is 0.248. The highest BCUT2D eigenvalue weighted by atomic mass is 35.5. The van der Waals surface area contributed by atoms with Gasteiger partial charge in [-0.3, -0.25) is 4.48 Å². The molecule has 0 aromatic heterocycles. The van der Waals surface area contributed by atoms with Crippen LogP contribution in [0.1, 0.15) is 12.0 Å². The Morgan fingerprint density at radius 2 is 1.90 bits per heavy atom. The molecule has 6 heteroatoms. The summed E-state index contributed by atoms with van der Waals surface area (Å²) in [7, 11) is 5.55. The van der Waals surface area contributed by atoms with Gasteiger partial charge >= 0.3 is 5.43 Å². The Bertz CT molecular complexity index is 458. The van der Waals surface area contributed by atoms with Gasteiger partial charge in [0.05, 0.1) is 34.2 Å². The van der Waals surface area contributed by atoms with E-state index in [0.29, 0.717) is 17.4 Å². The highest BCUT2D eigenvalue weighted by Gasteiger charge is 2.31. The summed E-state index contributed by atoms with van der Waals surface area (Å²) in [5.74, 6) is 0. The molecule has 0 spiro atoms. The number of halogens is 1. The Morgan fingerprint density at radius 1 is 1.29 bits per heavy atom. The Balaban J connectivity index is 2.61. The van der Waals surface area contributed by atoms with E-state index >= 15 is 0 Å². The molecular formula is C15H21ClNO4+. The van der Waals surface area contributed by atoms with Crippen molar-refractivity contribution in [1.82, 2.24) is 0 Å². The fraction of sp³-hybridized carbons (Fsp3) is 0.467. The van der Waals surface area contributed by atoms with Crippen molar-refractivity contribution in [3.63, 3.8) is 0 Å². The number of hydrogen-bond donors (Lipinski definition) is 0. The maximum atomic E-state index is 11.2. The number of quaternary nitrogens is 1. The molecule has 0 bridgehead atoms. The number of rotatable bonds is 8. The lowest BCUT2D eigenvalue weighted by molar-refractivity contribution is -0.917. The lowest BCUT2D eigenvalue weighted by Gasteiger charge is -2.33. The first-order chi connectivity index (χ1) is 9.82. The first-order valence-corrected chi connectivity index (χ1v) is 6.98. The molecule has 0 saturated heterocycles. The zero-order chi connectivity index (χ0) is 15.9. The predicted octanol–water partition coefficient (Wildman–Crippen LogP) is 2.57. The van der Waals surface area contributed by atoms with E-state index in [0.717, 1.165) is 5.56 Å². The molecule has 5 nitrogen and oxygen atoms in total. The molecule has 116 valence electrons. The maximum Gasteiger partial charge on any atom is 0.408 e. The van der Waals surface area contributed by atoms with Crippen molar-refractivity contribution < 1.29 is 23.5 Å². The molecule has 1 rings (SSSR count). The molecule has 2 atom stereocenters. The normalized spacial score (nSPS) is 14.3. The van der Waals surface area contributed by atoms with E-state index in [9.17, 15) is 9.59 Å². The molecule has 0 radical (unpaired) electrons. The van der Waals surface area contributed by atoms with Crippen molar-refractivity contribution >= 4 is 23.3 Å². The van der Waals surface area contributed by atoms with Crippen LogP contribution in [0.5, 0.6) is 0 Å². The molecule has 0 aliphatic heterocycles. The number of ether oxygens (including phenoxy) is 2. The van der Waals surface area contributed by atoms with Crippen LogP contribution in [0.3, 0.4) is 0 Å². The summed E-state index contributed by atoms with van der Waals surface area (Å²) in [6.07, 6.45) is -0.254. The van der Waals surface area contributed by atoms with E-state index in [1.54, 1.807) is 0 Å².